The fourth-order valence-corrected chi connectivity index (χ4v) is 3.63. The Kier molecular flexibility index (Phi) is 6.34. The number of carboxylic acid groups (broad SMARTS) is 1. The molecule has 3 atom stereocenters. The van der Waals surface area contributed by atoms with Crippen LogP contribution < -0.4 is 5.32 Å². The number of hydrogen-bond acceptors (Lipinski definition) is 2. The minimum atomic E-state index is -0.775. The van der Waals surface area contributed by atoms with Gasteiger partial charge in [0, 0.05) is 12.1 Å². The number of allylic oxidation sites excluding steroid dienone is 1. The van der Waals surface area contributed by atoms with Gasteiger partial charge in [0.15, 0.2) is 0 Å². The molecule has 0 saturated heterocycles. The lowest BCUT2D eigenvalue weighted by atomic mass is 9.70. The largest absolute Gasteiger partial charge is 0.481 e. The summed E-state index contributed by atoms with van der Waals surface area (Å²) in [7, 11) is 0. The minimum Gasteiger partial charge on any atom is -0.481 e. The standard InChI is InChI=1S/C20H26FNO3/c1-12(2)18-9-15(10-19(23)24)13(3)8-16(18)11-22-20(25)14-4-6-17(21)7-5-14/h4-8,12,15-16,18H,9-11H2,1-3H3,(H,22,25)(H,23,24)/t15-,16-,18-/m0/s1. The van der Waals surface area contributed by atoms with Crippen LogP contribution in [0.1, 0.15) is 44.0 Å². The Morgan fingerprint density at radius 3 is 2.48 bits per heavy atom. The zero-order valence-corrected chi connectivity index (χ0v) is 15.0. The van der Waals surface area contributed by atoms with Crippen molar-refractivity contribution in [3.8, 4) is 0 Å². The maximum atomic E-state index is 13.0. The van der Waals surface area contributed by atoms with Gasteiger partial charge in [0.2, 0.25) is 0 Å². The molecular formula is C20H26FNO3. The smallest absolute Gasteiger partial charge is 0.303 e. The Bertz CT molecular complexity index is 651. The molecule has 0 unspecified atom stereocenters. The summed E-state index contributed by atoms with van der Waals surface area (Å²) in [4.78, 5) is 23.3. The van der Waals surface area contributed by atoms with Gasteiger partial charge in [-0.25, -0.2) is 4.39 Å². The van der Waals surface area contributed by atoms with E-state index in [-0.39, 0.29) is 30.0 Å². The fraction of sp³-hybridized carbons (Fsp3) is 0.500. The number of halogens is 1. The highest BCUT2D eigenvalue weighted by atomic mass is 19.1. The normalized spacial score (nSPS) is 23.2. The number of nitrogens with one attached hydrogen (secondary N) is 1. The molecule has 1 aliphatic carbocycles. The van der Waals surface area contributed by atoms with Crippen LogP contribution in [-0.2, 0) is 4.79 Å². The number of carbonyl (C=O) groups excluding carboxylic acids is 1. The van der Waals surface area contributed by atoms with Crippen LogP contribution in [0.2, 0.25) is 0 Å². The van der Waals surface area contributed by atoms with Crippen LogP contribution in [0.25, 0.3) is 0 Å². The first kappa shape index (κ1) is 19.2. The average molecular weight is 347 g/mol. The molecule has 0 saturated carbocycles. The van der Waals surface area contributed by atoms with E-state index in [9.17, 15) is 14.0 Å². The van der Waals surface area contributed by atoms with Crippen LogP contribution in [0.4, 0.5) is 4.39 Å². The first-order chi connectivity index (χ1) is 11.8. The molecule has 5 heteroatoms. The monoisotopic (exact) mass is 347 g/mol. The summed E-state index contributed by atoms with van der Waals surface area (Å²) in [5, 5.41) is 12.0. The van der Waals surface area contributed by atoms with E-state index in [1.807, 2.05) is 6.92 Å². The molecule has 0 aromatic heterocycles. The second-order valence-electron chi connectivity index (χ2n) is 7.23. The van der Waals surface area contributed by atoms with Gasteiger partial charge in [-0.05, 0) is 61.3 Å². The third-order valence-electron chi connectivity index (χ3n) is 5.11. The number of carboxylic acids is 1. The first-order valence-electron chi connectivity index (χ1n) is 8.71. The molecule has 0 radical (unpaired) electrons. The molecule has 0 spiro atoms. The van der Waals surface area contributed by atoms with Crippen LogP contribution in [0.5, 0.6) is 0 Å². The maximum Gasteiger partial charge on any atom is 0.303 e. The third kappa shape index (κ3) is 5.15. The Labute approximate surface area is 148 Å². The van der Waals surface area contributed by atoms with Crippen molar-refractivity contribution in [3.63, 3.8) is 0 Å². The Balaban J connectivity index is 2.05. The van der Waals surface area contributed by atoms with Crippen LogP contribution in [0, 0.1) is 29.5 Å². The van der Waals surface area contributed by atoms with Crippen molar-refractivity contribution in [1.29, 1.82) is 0 Å². The summed E-state index contributed by atoms with van der Waals surface area (Å²) in [6.07, 6.45) is 3.09. The van der Waals surface area contributed by atoms with Gasteiger partial charge in [0.25, 0.3) is 5.91 Å². The van der Waals surface area contributed by atoms with Crippen molar-refractivity contribution in [2.75, 3.05) is 6.54 Å². The molecule has 4 nitrogen and oxygen atoms in total. The SMILES string of the molecule is CC1=C[C@@H](CNC(=O)c2ccc(F)cc2)[C@H](C(C)C)C[C@H]1CC(=O)O. The highest BCUT2D eigenvalue weighted by molar-refractivity contribution is 5.94. The quantitative estimate of drug-likeness (QED) is 0.767. The lowest BCUT2D eigenvalue weighted by molar-refractivity contribution is -0.138. The van der Waals surface area contributed by atoms with Crippen molar-refractivity contribution in [2.24, 2.45) is 23.7 Å². The summed E-state index contributed by atoms with van der Waals surface area (Å²) in [6, 6.07) is 5.48. The summed E-state index contributed by atoms with van der Waals surface area (Å²) < 4.78 is 13.0. The van der Waals surface area contributed by atoms with Gasteiger partial charge < -0.3 is 10.4 Å². The number of hydrogen-bond donors (Lipinski definition) is 2. The number of carbonyl (C=O) groups is 2. The van der Waals surface area contributed by atoms with Gasteiger partial charge in [-0.1, -0.05) is 25.5 Å². The molecule has 0 aliphatic heterocycles. The highest BCUT2D eigenvalue weighted by Gasteiger charge is 2.32. The Morgan fingerprint density at radius 1 is 1.28 bits per heavy atom. The maximum absolute atomic E-state index is 13.0. The van der Waals surface area contributed by atoms with Gasteiger partial charge in [-0.2, -0.15) is 0 Å². The predicted octanol–water partition coefficient (Wildman–Crippen LogP) is 3.88. The molecule has 0 fully saturated rings. The number of rotatable bonds is 6. The van der Waals surface area contributed by atoms with E-state index in [1.54, 1.807) is 0 Å². The number of aliphatic carboxylic acids is 1. The van der Waals surface area contributed by atoms with Crippen LogP contribution in [0.15, 0.2) is 35.9 Å². The van der Waals surface area contributed by atoms with Crippen molar-refractivity contribution >= 4 is 11.9 Å². The summed E-state index contributed by atoms with van der Waals surface area (Å²) in [5.41, 5.74) is 1.52. The molecule has 2 N–H and O–H groups in total. The van der Waals surface area contributed by atoms with Crippen molar-refractivity contribution in [2.45, 2.75) is 33.6 Å². The summed E-state index contributed by atoms with van der Waals surface area (Å²) in [5.74, 6) is -0.408. The third-order valence-corrected chi connectivity index (χ3v) is 5.11. The molecule has 136 valence electrons. The zero-order valence-electron chi connectivity index (χ0n) is 15.0. The van der Waals surface area contributed by atoms with E-state index in [2.05, 4.69) is 25.2 Å². The second-order valence-corrected chi connectivity index (χ2v) is 7.23. The van der Waals surface area contributed by atoms with Crippen molar-refractivity contribution in [3.05, 3.63) is 47.3 Å². The van der Waals surface area contributed by atoms with Gasteiger partial charge in [-0.3, -0.25) is 9.59 Å². The van der Waals surface area contributed by atoms with Gasteiger partial charge in [0.1, 0.15) is 5.82 Å². The minimum absolute atomic E-state index is 0.0638. The van der Waals surface area contributed by atoms with Crippen LogP contribution in [0.3, 0.4) is 0 Å². The van der Waals surface area contributed by atoms with Gasteiger partial charge >= 0.3 is 5.97 Å². The fourth-order valence-electron chi connectivity index (χ4n) is 3.63. The van der Waals surface area contributed by atoms with E-state index in [1.165, 1.54) is 24.3 Å². The molecular weight excluding hydrogens is 321 g/mol. The van der Waals surface area contributed by atoms with E-state index >= 15 is 0 Å². The topological polar surface area (TPSA) is 66.4 Å². The molecule has 0 heterocycles. The summed E-state index contributed by atoms with van der Waals surface area (Å²) >= 11 is 0. The highest BCUT2D eigenvalue weighted by Crippen LogP contribution is 2.38. The summed E-state index contributed by atoms with van der Waals surface area (Å²) in [6.45, 7) is 6.73. The van der Waals surface area contributed by atoms with E-state index < -0.39 is 5.97 Å². The van der Waals surface area contributed by atoms with E-state index in [0.717, 1.165) is 12.0 Å². The second kappa shape index (κ2) is 8.28. The van der Waals surface area contributed by atoms with Crippen LogP contribution >= 0.6 is 0 Å². The molecule has 0 bridgehead atoms. The lowest BCUT2D eigenvalue weighted by Gasteiger charge is -2.36. The molecule has 1 aromatic carbocycles. The van der Waals surface area contributed by atoms with Crippen LogP contribution in [-0.4, -0.2) is 23.5 Å². The Hall–Kier alpha value is -2.17. The van der Waals surface area contributed by atoms with E-state index in [0.29, 0.717) is 23.9 Å². The number of amides is 1. The van der Waals surface area contributed by atoms with Crippen molar-refractivity contribution in [1.82, 2.24) is 5.32 Å². The molecule has 1 amide bonds. The van der Waals surface area contributed by atoms with Gasteiger partial charge in [0.05, 0.1) is 6.42 Å². The van der Waals surface area contributed by atoms with Crippen molar-refractivity contribution < 1.29 is 19.1 Å². The average Bonchev–Trinajstić information content (AvgIpc) is 2.54. The zero-order chi connectivity index (χ0) is 18.6. The Morgan fingerprint density at radius 2 is 1.92 bits per heavy atom. The molecule has 1 aromatic rings. The number of benzene rings is 1. The van der Waals surface area contributed by atoms with E-state index in [4.69, 9.17) is 5.11 Å². The van der Waals surface area contributed by atoms with Gasteiger partial charge in [-0.15, -0.1) is 0 Å². The predicted molar refractivity (Wildman–Crippen MR) is 94.7 cm³/mol. The molecule has 2 rings (SSSR count). The lowest BCUT2D eigenvalue weighted by Crippen LogP contribution is -2.37. The first-order valence-corrected chi connectivity index (χ1v) is 8.71. The molecule has 1 aliphatic rings. The molecule has 25 heavy (non-hydrogen) atoms.